The van der Waals surface area contributed by atoms with Gasteiger partial charge in [0, 0.05) is 0 Å². The van der Waals surface area contributed by atoms with Crippen molar-refractivity contribution in [2.24, 2.45) is 17.8 Å². The summed E-state index contributed by atoms with van der Waals surface area (Å²) in [6.45, 7) is 0. The molecule has 0 saturated carbocycles. The van der Waals surface area contributed by atoms with Crippen LogP contribution >= 0.6 is 0 Å². The number of ether oxygens (including phenoxy) is 1. The van der Waals surface area contributed by atoms with E-state index < -0.39 is 23.9 Å². The highest BCUT2D eigenvalue weighted by Crippen LogP contribution is 2.41. The Morgan fingerprint density at radius 2 is 1.60 bits per heavy atom. The maximum absolute atomic E-state index is 11.6. The molecule has 4 atom stereocenters. The second-order valence-corrected chi connectivity index (χ2v) is 4.00. The zero-order valence-corrected chi connectivity index (χ0v) is 7.75. The molecule has 15 heavy (non-hydrogen) atoms. The summed E-state index contributed by atoms with van der Waals surface area (Å²) in [5, 5.41) is 0. The normalized spacial score (nSPS) is 41.7. The zero-order chi connectivity index (χ0) is 10.6. The maximum Gasteiger partial charge on any atom is 0.314 e. The van der Waals surface area contributed by atoms with Crippen LogP contribution in [0.3, 0.4) is 0 Å². The molecule has 0 amide bonds. The fourth-order valence-electron chi connectivity index (χ4n) is 2.53. The van der Waals surface area contributed by atoms with Gasteiger partial charge in [0.05, 0.1) is 17.8 Å². The molecule has 4 rings (SSSR count). The van der Waals surface area contributed by atoms with Crippen molar-refractivity contribution in [3.8, 4) is 0 Å². The van der Waals surface area contributed by atoms with E-state index in [4.69, 9.17) is 4.74 Å². The summed E-state index contributed by atoms with van der Waals surface area (Å²) in [7, 11) is 0. The van der Waals surface area contributed by atoms with E-state index in [2.05, 4.69) is 0 Å². The summed E-state index contributed by atoms with van der Waals surface area (Å²) in [5.41, 5.74) is 0. The molecule has 0 N–H and O–H groups in total. The lowest BCUT2D eigenvalue weighted by Gasteiger charge is -2.42. The summed E-state index contributed by atoms with van der Waals surface area (Å²) >= 11 is 0. The van der Waals surface area contributed by atoms with Crippen LogP contribution in [0.5, 0.6) is 0 Å². The van der Waals surface area contributed by atoms with Gasteiger partial charge in [-0.25, -0.2) is 0 Å². The number of hydrogen-bond donors (Lipinski definition) is 0. The summed E-state index contributed by atoms with van der Waals surface area (Å²) in [6, 6.07) is 0. The second kappa shape index (κ2) is 2.66. The molecule has 76 valence electrons. The molecule has 0 aromatic heterocycles. The van der Waals surface area contributed by atoms with Crippen molar-refractivity contribution >= 4 is 17.5 Å². The van der Waals surface area contributed by atoms with Gasteiger partial charge >= 0.3 is 5.97 Å². The van der Waals surface area contributed by atoms with E-state index in [-0.39, 0.29) is 17.5 Å². The maximum atomic E-state index is 11.6. The van der Waals surface area contributed by atoms with Crippen molar-refractivity contribution in [3.63, 3.8) is 0 Å². The average molecular weight is 204 g/mol. The predicted molar refractivity (Wildman–Crippen MR) is 48.6 cm³/mol. The first-order chi connectivity index (χ1) is 7.18. The van der Waals surface area contributed by atoms with Gasteiger partial charge < -0.3 is 4.74 Å². The minimum atomic E-state index is -0.568. The molecule has 1 saturated heterocycles. The van der Waals surface area contributed by atoms with Crippen molar-refractivity contribution in [1.82, 2.24) is 0 Å². The molecule has 0 radical (unpaired) electrons. The molecule has 4 nitrogen and oxygen atoms in total. The van der Waals surface area contributed by atoms with E-state index in [0.717, 1.165) is 0 Å². The van der Waals surface area contributed by atoms with Crippen LogP contribution in [0, 0.1) is 17.8 Å². The monoisotopic (exact) mass is 204 g/mol. The van der Waals surface area contributed by atoms with E-state index >= 15 is 0 Å². The van der Waals surface area contributed by atoms with E-state index in [1.54, 1.807) is 12.2 Å². The molecular weight excluding hydrogens is 196 g/mol. The Labute approximate surface area is 85.6 Å². The van der Waals surface area contributed by atoms with Gasteiger partial charge in [-0.1, -0.05) is 6.08 Å². The molecular formula is C11H8O4. The molecule has 0 spiro atoms. The zero-order valence-electron chi connectivity index (χ0n) is 7.75. The van der Waals surface area contributed by atoms with Crippen molar-refractivity contribution < 1.29 is 19.1 Å². The minimum Gasteiger partial charge on any atom is -0.457 e. The fraction of sp³-hybridized carbons (Fsp3) is 0.364. The standard InChI is InChI=1S/C11H8O4/c12-6-2-3-7(13)10-8-4-1-5(9(6)10)11(14)15-8/h1-5,8-10H. The molecule has 0 aromatic carbocycles. The Morgan fingerprint density at radius 3 is 2.27 bits per heavy atom. The quantitative estimate of drug-likeness (QED) is 0.413. The van der Waals surface area contributed by atoms with E-state index in [1.807, 2.05) is 0 Å². The molecule has 2 bridgehead atoms. The number of rotatable bonds is 0. The molecule has 0 aromatic rings. The van der Waals surface area contributed by atoms with Crippen molar-refractivity contribution in [2.75, 3.05) is 0 Å². The van der Waals surface area contributed by atoms with Crippen molar-refractivity contribution in [1.29, 1.82) is 0 Å². The first-order valence-electron chi connectivity index (χ1n) is 4.83. The number of allylic oxidation sites excluding steroid dienone is 2. The lowest BCUT2D eigenvalue weighted by atomic mass is 9.66. The molecule has 1 fully saturated rings. The van der Waals surface area contributed by atoms with Gasteiger partial charge in [0.25, 0.3) is 0 Å². The number of esters is 1. The highest BCUT2D eigenvalue weighted by Gasteiger charge is 2.53. The third-order valence-electron chi connectivity index (χ3n) is 3.23. The Kier molecular flexibility index (Phi) is 1.52. The Balaban J connectivity index is 2.12. The molecule has 4 aliphatic rings. The van der Waals surface area contributed by atoms with Crippen LogP contribution in [0.15, 0.2) is 24.3 Å². The summed E-state index contributed by atoms with van der Waals surface area (Å²) < 4.78 is 5.04. The van der Waals surface area contributed by atoms with E-state index in [1.165, 1.54) is 12.2 Å². The fourth-order valence-corrected chi connectivity index (χ4v) is 2.53. The van der Waals surface area contributed by atoms with Crippen LogP contribution in [-0.4, -0.2) is 23.6 Å². The topological polar surface area (TPSA) is 60.4 Å². The summed E-state index contributed by atoms with van der Waals surface area (Å²) in [5.74, 6) is -2.24. The van der Waals surface area contributed by atoms with Gasteiger partial charge in [0.15, 0.2) is 11.6 Å². The van der Waals surface area contributed by atoms with Gasteiger partial charge in [-0.15, -0.1) is 0 Å². The highest BCUT2D eigenvalue weighted by atomic mass is 16.5. The van der Waals surface area contributed by atoms with Crippen LogP contribution in [0.2, 0.25) is 0 Å². The van der Waals surface area contributed by atoms with Crippen LogP contribution < -0.4 is 0 Å². The van der Waals surface area contributed by atoms with Crippen molar-refractivity contribution in [3.05, 3.63) is 24.3 Å². The molecule has 4 heteroatoms. The van der Waals surface area contributed by atoms with Gasteiger partial charge in [-0.3, -0.25) is 14.4 Å². The highest BCUT2D eigenvalue weighted by molar-refractivity contribution is 6.10. The smallest absolute Gasteiger partial charge is 0.314 e. The number of carbonyl (C=O) groups is 3. The SMILES string of the molecule is O=C1OC2C=CC1C1C(=O)C=CC(=O)C21. The summed E-state index contributed by atoms with van der Waals surface area (Å²) in [6.07, 6.45) is 5.39. The minimum absolute atomic E-state index is 0.119. The largest absolute Gasteiger partial charge is 0.457 e. The number of hydrogen-bond acceptors (Lipinski definition) is 4. The van der Waals surface area contributed by atoms with Gasteiger partial charge in [0.1, 0.15) is 6.10 Å². The number of fused-ring (bicyclic) bond motifs is 1. The molecule has 2 aliphatic heterocycles. The first-order valence-corrected chi connectivity index (χ1v) is 4.83. The number of ketones is 2. The van der Waals surface area contributed by atoms with Crippen LogP contribution in [-0.2, 0) is 19.1 Å². The Hall–Kier alpha value is -1.71. The van der Waals surface area contributed by atoms with Gasteiger partial charge in [-0.2, -0.15) is 0 Å². The average Bonchev–Trinajstić information content (AvgIpc) is 2.23. The van der Waals surface area contributed by atoms with Crippen LogP contribution in [0.25, 0.3) is 0 Å². The Bertz CT molecular complexity index is 432. The predicted octanol–water partition coefficient (Wildman–Crippen LogP) is 0.0382. The lowest BCUT2D eigenvalue weighted by Crippen LogP contribution is -2.53. The molecule has 4 unspecified atom stereocenters. The third kappa shape index (κ3) is 0.988. The first kappa shape index (κ1) is 8.59. The van der Waals surface area contributed by atoms with Gasteiger partial charge in [0.2, 0.25) is 0 Å². The third-order valence-corrected chi connectivity index (χ3v) is 3.23. The van der Waals surface area contributed by atoms with E-state index in [9.17, 15) is 14.4 Å². The lowest BCUT2D eigenvalue weighted by molar-refractivity contribution is -0.171. The Morgan fingerprint density at radius 1 is 0.933 bits per heavy atom. The number of carbonyl (C=O) groups excluding carboxylic acids is 3. The molecule has 2 aliphatic carbocycles. The summed E-state index contributed by atoms with van der Waals surface area (Å²) in [4.78, 5) is 34.6. The van der Waals surface area contributed by atoms with Crippen LogP contribution in [0.4, 0.5) is 0 Å². The van der Waals surface area contributed by atoms with E-state index in [0.29, 0.717) is 0 Å². The van der Waals surface area contributed by atoms with Crippen LogP contribution in [0.1, 0.15) is 0 Å². The van der Waals surface area contributed by atoms with Crippen molar-refractivity contribution in [2.45, 2.75) is 6.10 Å². The van der Waals surface area contributed by atoms with Gasteiger partial charge in [-0.05, 0) is 18.2 Å². The molecule has 2 heterocycles. The second-order valence-electron chi connectivity index (χ2n) is 4.00.